The summed E-state index contributed by atoms with van der Waals surface area (Å²) in [6.07, 6.45) is 1.16. The fourth-order valence-electron chi connectivity index (χ4n) is 7.02. The highest BCUT2D eigenvalue weighted by Gasteiger charge is 2.36. The molecule has 8 N–H and O–H groups in total. The number of aliphatic hydroxyl groups excluding tert-OH is 1. The van der Waals surface area contributed by atoms with Gasteiger partial charge >= 0.3 is 0 Å². The van der Waals surface area contributed by atoms with Gasteiger partial charge in [0.2, 0.25) is 23.6 Å². The first-order valence-electron chi connectivity index (χ1n) is 20.4. The molecular weight excluding hydrogens is 816 g/mol. The molecule has 62 heavy (non-hydrogen) atoms. The molecule has 4 aromatic rings. The lowest BCUT2D eigenvalue weighted by Gasteiger charge is -2.32. The second-order valence-electron chi connectivity index (χ2n) is 15.3. The molecule has 0 saturated heterocycles. The molecule has 5 amide bonds. The van der Waals surface area contributed by atoms with Gasteiger partial charge in [-0.25, -0.2) is 0 Å². The molecule has 0 fully saturated rings. The number of fused-ring (bicyclic) bond motifs is 5. The van der Waals surface area contributed by atoms with Crippen molar-refractivity contribution in [2.45, 2.75) is 76.7 Å². The molecule has 0 radical (unpaired) electrons. The molecule has 0 saturated carbocycles. The summed E-state index contributed by atoms with van der Waals surface area (Å²) in [5.74, 6) is -3.55. The highest BCUT2D eigenvalue weighted by Crippen LogP contribution is 2.39. The van der Waals surface area contributed by atoms with E-state index in [9.17, 15) is 39.0 Å². The number of nitrogens with one attached hydrogen (secondary N) is 4. The van der Waals surface area contributed by atoms with E-state index in [0.717, 1.165) is 11.1 Å². The SMILES string of the molecule is CC(=O)C(C)NC(=O)C1Cc2ccc(O)c(c2)-c2cc(ccc2OCCO)C(N(C)C(=O)C(CCCCN)NC(=O)c2ccc(-c3ccc(Cl)cc3)cc2)C(=O)NC(C)C(=O)N1. The number of carbonyl (C=O) groups excluding carboxylic acids is 6. The van der Waals surface area contributed by atoms with E-state index in [1.165, 1.54) is 38.8 Å². The number of ketones is 1. The largest absolute Gasteiger partial charge is 0.507 e. The molecule has 0 aliphatic carbocycles. The summed E-state index contributed by atoms with van der Waals surface area (Å²) in [5, 5.41) is 32.3. The van der Waals surface area contributed by atoms with Crippen LogP contribution in [0.3, 0.4) is 0 Å². The van der Waals surface area contributed by atoms with Crippen molar-refractivity contribution in [1.82, 2.24) is 26.2 Å². The number of hydrogen-bond donors (Lipinski definition) is 7. The maximum atomic E-state index is 14.6. The molecule has 1 heterocycles. The predicted molar refractivity (Wildman–Crippen MR) is 234 cm³/mol. The molecule has 5 unspecified atom stereocenters. The molecule has 15 nitrogen and oxygen atoms in total. The van der Waals surface area contributed by atoms with Crippen LogP contribution in [0.5, 0.6) is 11.5 Å². The number of rotatable bonds is 15. The van der Waals surface area contributed by atoms with Crippen molar-refractivity contribution in [3.63, 3.8) is 0 Å². The van der Waals surface area contributed by atoms with Crippen LogP contribution in [0.1, 0.15) is 67.6 Å². The van der Waals surface area contributed by atoms with Gasteiger partial charge in [-0.05, 0) is 117 Å². The average molecular weight is 869 g/mol. The highest BCUT2D eigenvalue weighted by atomic mass is 35.5. The van der Waals surface area contributed by atoms with Crippen molar-refractivity contribution in [3.05, 3.63) is 107 Å². The van der Waals surface area contributed by atoms with Crippen LogP contribution >= 0.6 is 11.6 Å². The van der Waals surface area contributed by atoms with Crippen LogP contribution in [0.4, 0.5) is 0 Å². The number of unbranched alkanes of at least 4 members (excludes halogenated alkanes) is 1. The number of Topliss-reactive ketones (excluding diaryl/α,β-unsaturated/α-hetero) is 1. The molecule has 0 spiro atoms. The lowest BCUT2D eigenvalue weighted by atomic mass is 9.93. The number of carbonyl (C=O) groups is 6. The molecule has 328 valence electrons. The number of phenols is 1. The third kappa shape index (κ3) is 11.7. The molecule has 1 aliphatic heterocycles. The van der Waals surface area contributed by atoms with Gasteiger partial charge < -0.3 is 46.9 Å². The van der Waals surface area contributed by atoms with E-state index >= 15 is 0 Å². The van der Waals surface area contributed by atoms with Crippen molar-refractivity contribution in [3.8, 4) is 33.8 Å². The lowest BCUT2D eigenvalue weighted by molar-refractivity contribution is -0.141. The lowest BCUT2D eigenvalue weighted by Crippen LogP contribution is -2.56. The zero-order valence-electron chi connectivity index (χ0n) is 35.1. The van der Waals surface area contributed by atoms with Gasteiger partial charge in [0.25, 0.3) is 5.91 Å². The first kappa shape index (κ1) is 46.8. The van der Waals surface area contributed by atoms with Crippen LogP contribution in [0.2, 0.25) is 5.02 Å². The van der Waals surface area contributed by atoms with E-state index in [2.05, 4.69) is 21.3 Å². The number of hydrogen-bond acceptors (Lipinski definition) is 10. The topological polar surface area (TPSA) is 229 Å². The monoisotopic (exact) mass is 868 g/mol. The van der Waals surface area contributed by atoms with E-state index in [1.54, 1.807) is 66.7 Å². The van der Waals surface area contributed by atoms with Gasteiger partial charge in [-0.15, -0.1) is 0 Å². The molecular formula is C46H53ClN6O9. The van der Waals surface area contributed by atoms with E-state index in [-0.39, 0.29) is 54.5 Å². The second-order valence-corrected chi connectivity index (χ2v) is 15.7. The van der Waals surface area contributed by atoms with E-state index in [4.69, 9.17) is 22.1 Å². The fraction of sp³-hybridized carbons (Fsp3) is 0.348. The number of halogens is 1. The van der Waals surface area contributed by atoms with Gasteiger partial charge in [-0.2, -0.15) is 0 Å². The molecule has 1 aliphatic rings. The van der Waals surface area contributed by atoms with Gasteiger partial charge in [0.05, 0.1) is 12.6 Å². The third-order valence-electron chi connectivity index (χ3n) is 10.7. The number of aliphatic hydroxyl groups is 1. The Labute approximate surface area is 365 Å². The number of nitrogens with two attached hydrogens (primary N) is 1. The number of amides is 5. The summed E-state index contributed by atoms with van der Waals surface area (Å²) in [6, 6.07) is 17.6. The van der Waals surface area contributed by atoms with Crippen LogP contribution in [0, 0.1) is 0 Å². The Balaban J connectivity index is 1.54. The van der Waals surface area contributed by atoms with E-state index in [0.29, 0.717) is 41.1 Å². The van der Waals surface area contributed by atoms with Gasteiger partial charge in [0, 0.05) is 35.2 Å². The third-order valence-corrected chi connectivity index (χ3v) is 10.9. The number of ether oxygens (including phenoxy) is 1. The maximum absolute atomic E-state index is 14.6. The van der Waals surface area contributed by atoms with Crippen molar-refractivity contribution in [2.24, 2.45) is 5.73 Å². The Morgan fingerprint density at radius 2 is 1.58 bits per heavy atom. The van der Waals surface area contributed by atoms with Crippen molar-refractivity contribution < 1.29 is 43.7 Å². The van der Waals surface area contributed by atoms with Gasteiger partial charge in [0.15, 0.2) is 5.78 Å². The van der Waals surface area contributed by atoms with Crippen LogP contribution < -0.4 is 31.7 Å². The van der Waals surface area contributed by atoms with Crippen LogP contribution in [0.15, 0.2) is 84.9 Å². The molecule has 0 aromatic heterocycles. The number of likely N-dealkylation sites (N-methyl/N-ethyl adjacent to an activating group) is 1. The van der Waals surface area contributed by atoms with Crippen LogP contribution in [-0.4, -0.2) is 101 Å². The maximum Gasteiger partial charge on any atom is 0.251 e. The molecule has 4 bridgehead atoms. The second kappa shape index (κ2) is 21.5. The minimum Gasteiger partial charge on any atom is -0.507 e. The number of aromatic hydroxyl groups is 1. The van der Waals surface area contributed by atoms with Crippen molar-refractivity contribution in [2.75, 3.05) is 26.8 Å². The van der Waals surface area contributed by atoms with Crippen molar-refractivity contribution >= 4 is 46.9 Å². The minimum absolute atomic E-state index is 0.0632. The smallest absolute Gasteiger partial charge is 0.251 e. The number of benzene rings is 4. The zero-order valence-corrected chi connectivity index (χ0v) is 35.8. The average Bonchev–Trinajstić information content (AvgIpc) is 3.25. The fourth-order valence-corrected chi connectivity index (χ4v) is 7.15. The molecule has 5 rings (SSSR count). The first-order chi connectivity index (χ1) is 29.6. The Morgan fingerprint density at radius 3 is 2.23 bits per heavy atom. The Kier molecular flexibility index (Phi) is 16.2. The highest BCUT2D eigenvalue weighted by molar-refractivity contribution is 6.30. The van der Waals surface area contributed by atoms with Crippen molar-refractivity contribution in [1.29, 1.82) is 0 Å². The number of nitrogens with zero attached hydrogens (tertiary/aromatic N) is 1. The van der Waals surface area contributed by atoms with E-state index in [1.807, 2.05) is 12.1 Å². The summed E-state index contributed by atoms with van der Waals surface area (Å²) in [6.45, 7) is 4.18. The van der Waals surface area contributed by atoms with Gasteiger partial charge in [0.1, 0.15) is 42.3 Å². The normalized spacial score (nSPS) is 17.3. The first-order valence-corrected chi connectivity index (χ1v) is 20.7. The molecule has 5 atom stereocenters. The zero-order chi connectivity index (χ0) is 45.1. The predicted octanol–water partition coefficient (Wildman–Crippen LogP) is 3.82. The number of phenolic OH excluding ortho intramolecular Hbond substituents is 1. The summed E-state index contributed by atoms with van der Waals surface area (Å²) in [7, 11) is 1.41. The molecule has 16 heteroatoms. The van der Waals surface area contributed by atoms with Gasteiger partial charge in [-0.3, -0.25) is 28.8 Å². The standard InChI is InChI=1S/C46H53ClN6O9/c1-26(28(3)55)49-44(59)38-24-29-8-18-39(56)35(23-29)36-25-33(15-19-40(36)62-22-21-54)41(45(60)50-27(2)42(57)52-38)53(4)46(61)37(7-5-6-20-48)51-43(58)32-11-9-30(10-12-32)31-13-16-34(47)17-14-31/h8-19,23,25-27,37-38,41,54,56H,5-7,20-22,24,48H2,1-4H3,(H,49,59)(H,50,60)(H,51,58)(H,52,57). The van der Waals surface area contributed by atoms with E-state index < -0.39 is 59.7 Å². The summed E-state index contributed by atoms with van der Waals surface area (Å²) in [4.78, 5) is 83.3. The quantitative estimate of drug-likeness (QED) is 0.0855. The Morgan fingerprint density at radius 1 is 0.903 bits per heavy atom. The molecule has 4 aromatic carbocycles. The Hall–Kier alpha value is -6.29. The Bertz CT molecular complexity index is 2270. The van der Waals surface area contributed by atoms with Crippen LogP contribution in [0.25, 0.3) is 22.3 Å². The minimum atomic E-state index is -1.42. The van der Waals surface area contributed by atoms with Gasteiger partial charge in [-0.1, -0.05) is 48.0 Å². The summed E-state index contributed by atoms with van der Waals surface area (Å²) >= 11 is 6.05. The summed E-state index contributed by atoms with van der Waals surface area (Å²) < 4.78 is 5.87. The summed E-state index contributed by atoms with van der Waals surface area (Å²) in [5.41, 5.74) is 9.14. The van der Waals surface area contributed by atoms with Crippen LogP contribution in [-0.2, 0) is 30.4 Å².